The normalized spacial score (nSPS) is 14.7. The van der Waals surface area contributed by atoms with Gasteiger partial charge in [-0.3, -0.25) is 13.6 Å². The molecule has 7 nitrogen and oxygen atoms in total. The van der Waals surface area contributed by atoms with Crippen molar-refractivity contribution in [1.82, 2.24) is 4.31 Å². The van der Waals surface area contributed by atoms with Crippen LogP contribution in [-0.4, -0.2) is 45.6 Å². The van der Waals surface area contributed by atoms with Gasteiger partial charge in [-0.15, -0.1) is 0 Å². The van der Waals surface area contributed by atoms with E-state index in [4.69, 9.17) is 13.6 Å². The van der Waals surface area contributed by atoms with E-state index in [1.54, 1.807) is 38.1 Å². The Kier molecular flexibility index (Phi) is 10.4. The molecule has 1 aliphatic carbocycles. The lowest BCUT2D eigenvalue weighted by Gasteiger charge is -2.20. The fourth-order valence-electron chi connectivity index (χ4n) is 2.69. The SMILES string of the molecule is CCOP(=O)(OCC)OCC#CCCN(C/C=C/C1CC1)S(=O)(=O)c1ccc(C)cc1. The Morgan fingerprint density at radius 2 is 1.74 bits per heavy atom. The van der Waals surface area contributed by atoms with Gasteiger partial charge >= 0.3 is 7.82 Å². The predicted octanol–water partition coefficient (Wildman–Crippen LogP) is 4.54. The highest BCUT2D eigenvalue weighted by Crippen LogP contribution is 2.48. The summed E-state index contributed by atoms with van der Waals surface area (Å²) in [5.74, 6) is 6.21. The molecule has 0 spiro atoms. The fraction of sp³-hybridized carbons (Fsp3) is 0.545. The summed E-state index contributed by atoms with van der Waals surface area (Å²) in [5, 5.41) is 0. The molecule has 0 heterocycles. The number of hydrogen-bond donors (Lipinski definition) is 0. The Morgan fingerprint density at radius 3 is 2.32 bits per heavy atom. The highest BCUT2D eigenvalue weighted by Gasteiger charge is 2.25. The summed E-state index contributed by atoms with van der Waals surface area (Å²) >= 11 is 0. The lowest BCUT2D eigenvalue weighted by atomic mass is 10.2. The van der Waals surface area contributed by atoms with Crippen molar-refractivity contribution < 1.29 is 26.6 Å². The second kappa shape index (κ2) is 12.5. The molecule has 1 aromatic rings. The maximum absolute atomic E-state index is 13.1. The lowest BCUT2D eigenvalue weighted by Crippen LogP contribution is -2.32. The van der Waals surface area contributed by atoms with E-state index in [1.165, 1.54) is 17.1 Å². The first-order valence-electron chi connectivity index (χ1n) is 10.5. The average Bonchev–Trinajstić information content (AvgIpc) is 3.54. The van der Waals surface area contributed by atoms with E-state index in [1.807, 2.05) is 13.0 Å². The highest BCUT2D eigenvalue weighted by atomic mass is 32.2. The number of phosphoric ester groups is 1. The Labute approximate surface area is 186 Å². The maximum Gasteiger partial charge on any atom is 0.475 e. The van der Waals surface area contributed by atoms with Crippen LogP contribution >= 0.6 is 7.82 Å². The van der Waals surface area contributed by atoms with Crippen LogP contribution < -0.4 is 0 Å². The molecule has 31 heavy (non-hydrogen) atoms. The Bertz CT molecular complexity index is 919. The number of hydrogen-bond acceptors (Lipinski definition) is 6. The number of benzene rings is 1. The first-order valence-corrected chi connectivity index (χ1v) is 13.4. The average molecular weight is 470 g/mol. The molecule has 0 aliphatic heterocycles. The van der Waals surface area contributed by atoms with E-state index < -0.39 is 17.8 Å². The predicted molar refractivity (Wildman–Crippen MR) is 121 cm³/mol. The molecule has 0 saturated heterocycles. The molecule has 2 rings (SSSR count). The molecule has 0 amide bonds. The third kappa shape index (κ3) is 8.89. The number of sulfonamides is 1. The van der Waals surface area contributed by atoms with Gasteiger partial charge in [0.1, 0.15) is 6.61 Å². The van der Waals surface area contributed by atoms with Crippen molar-refractivity contribution in [3.8, 4) is 11.8 Å². The summed E-state index contributed by atoms with van der Waals surface area (Å²) in [6.45, 7) is 6.13. The minimum atomic E-state index is -3.63. The van der Waals surface area contributed by atoms with Crippen LogP contribution in [-0.2, 0) is 28.2 Å². The van der Waals surface area contributed by atoms with Crippen LogP contribution in [0.1, 0.15) is 38.7 Å². The van der Waals surface area contributed by atoms with Crippen LogP contribution in [0.15, 0.2) is 41.3 Å². The van der Waals surface area contributed by atoms with E-state index in [2.05, 4.69) is 17.9 Å². The van der Waals surface area contributed by atoms with Gasteiger partial charge < -0.3 is 0 Å². The second-order valence-corrected chi connectivity index (χ2v) is 10.7. The van der Waals surface area contributed by atoms with Crippen molar-refractivity contribution in [2.75, 3.05) is 32.9 Å². The molecule has 1 fully saturated rings. The summed E-state index contributed by atoms with van der Waals surface area (Å²) in [5.41, 5.74) is 1.00. The van der Waals surface area contributed by atoms with Crippen LogP contribution in [0.5, 0.6) is 0 Å². The molecule has 0 atom stereocenters. The third-order valence-corrected chi connectivity index (χ3v) is 7.95. The van der Waals surface area contributed by atoms with Gasteiger partial charge in [-0.25, -0.2) is 13.0 Å². The van der Waals surface area contributed by atoms with Crippen LogP contribution in [0, 0.1) is 24.7 Å². The van der Waals surface area contributed by atoms with Crippen molar-refractivity contribution >= 4 is 17.8 Å². The van der Waals surface area contributed by atoms with E-state index in [-0.39, 0.29) is 31.3 Å². The van der Waals surface area contributed by atoms with Crippen LogP contribution in [0.25, 0.3) is 0 Å². The summed E-state index contributed by atoms with van der Waals surface area (Å²) in [4.78, 5) is 0.267. The number of phosphoric acid groups is 1. The topological polar surface area (TPSA) is 82.1 Å². The van der Waals surface area contributed by atoms with Gasteiger partial charge in [0.25, 0.3) is 0 Å². The quantitative estimate of drug-likeness (QED) is 0.240. The summed E-state index contributed by atoms with van der Waals surface area (Å²) in [6, 6.07) is 6.83. The van der Waals surface area contributed by atoms with Crippen molar-refractivity contribution in [2.24, 2.45) is 5.92 Å². The number of allylic oxidation sites excluding steroid dienone is 1. The summed E-state index contributed by atoms with van der Waals surface area (Å²) in [7, 11) is -7.22. The molecular weight excluding hydrogens is 437 g/mol. The van der Waals surface area contributed by atoms with Gasteiger partial charge in [-0.05, 0) is 51.7 Å². The first kappa shape index (κ1) is 25.8. The largest absolute Gasteiger partial charge is 0.475 e. The lowest BCUT2D eigenvalue weighted by molar-refractivity contribution is 0.132. The summed E-state index contributed by atoms with van der Waals surface area (Å²) < 4.78 is 55.0. The molecule has 0 bridgehead atoms. The minimum absolute atomic E-state index is 0.121. The van der Waals surface area contributed by atoms with Gasteiger partial charge in [0.05, 0.1) is 18.1 Å². The van der Waals surface area contributed by atoms with Crippen molar-refractivity contribution in [3.63, 3.8) is 0 Å². The molecule has 1 aliphatic rings. The third-order valence-electron chi connectivity index (χ3n) is 4.48. The molecule has 0 aromatic heterocycles. The first-order chi connectivity index (χ1) is 14.8. The summed E-state index contributed by atoms with van der Waals surface area (Å²) in [6.07, 6.45) is 6.65. The van der Waals surface area contributed by atoms with Gasteiger partial charge in [-0.1, -0.05) is 41.7 Å². The zero-order valence-electron chi connectivity index (χ0n) is 18.5. The van der Waals surface area contributed by atoms with Crippen molar-refractivity contribution in [3.05, 3.63) is 42.0 Å². The van der Waals surface area contributed by atoms with E-state index in [0.717, 1.165) is 5.56 Å². The van der Waals surface area contributed by atoms with Gasteiger partial charge in [0.15, 0.2) is 0 Å². The number of rotatable bonds is 13. The molecular formula is C22H32NO6PS. The van der Waals surface area contributed by atoms with E-state index in [9.17, 15) is 13.0 Å². The Morgan fingerprint density at radius 1 is 1.10 bits per heavy atom. The molecule has 0 radical (unpaired) electrons. The Hall–Kier alpha value is -1.46. The second-order valence-electron chi connectivity index (χ2n) is 7.10. The molecule has 172 valence electrons. The maximum atomic E-state index is 13.1. The molecule has 9 heteroatoms. The molecule has 0 unspecified atom stereocenters. The molecule has 0 N–H and O–H groups in total. The van der Waals surface area contributed by atoms with E-state index in [0.29, 0.717) is 18.9 Å². The smallest absolute Gasteiger partial charge is 0.287 e. The fourth-order valence-corrected chi connectivity index (χ4v) is 5.16. The number of nitrogens with zero attached hydrogens (tertiary/aromatic N) is 1. The standard InChI is InChI=1S/C22H32NO6PS/c1-4-27-30(24,28-5-2)29-19-8-6-7-17-23(18-9-10-21-13-14-21)31(25,26)22-15-11-20(3)12-16-22/h9-12,15-16,21H,4-5,7,13-14,17-19H2,1-3H3/b10-9+. The van der Waals surface area contributed by atoms with Crippen LogP contribution in [0.3, 0.4) is 0 Å². The van der Waals surface area contributed by atoms with Crippen LogP contribution in [0.4, 0.5) is 0 Å². The monoisotopic (exact) mass is 469 g/mol. The van der Waals surface area contributed by atoms with E-state index >= 15 is 0 Å². The van der Waals surface area contributed by atoms with Gasteiger partial charge in [0.2, 0.25) is 10.0 Å². The van der Waals surface area contributed by atoms with Gasteiger partial charge in [-0.2, -0.15) is 4.31 Å². The molecule has 1 saturated carbocycles. The zero-order valence-corrected chi connectivity index (χ0v) is 20.2. The Balaban J connectivity index is 1.98. The minimum Gasteiger partial charge on any atom is -0.287 e. The van der Waals surface area contributed by atoms with Gasteiger partial charge in [0, 0.05) is 19.5 Å². The van der Waals surface area contributed by atoms with Crippen molar-refractivity contribution in [2.45, 2.75) is 44.9 Å². The highest BCUT2D eigenvalue weighted by molar-refractivity contribution is 7.89. The van der Waals surface area contributed by atoms with Crippen molar-refractivity contribution in [1.29, 1.82) is 0 Å². The van der Waals surface area contributed by atoms with Crippen LogP contribution in [0.2, 0.25) is 0 Å². The zero-order chi connectivity index (χ0) is 22.7. The molecule has 1 aromatic carbocycles. The number of aryl methyl sites for hydroxylation is 1.